The average Bonchev–Trinajstić information content (AvgIpc) is 2.56. The zero-order valence-corrected chi connectivity index (χ0v) is 15.6. The Morgan fingerprint density at radius 1 is 1.48 bits per heavy atom. The molecule has 1 aromatic rings. The molecular weight excluding hydrogens is 316 g/mol. The standard InChI is InChI=1S/C20H28N2O3/c1-5-24-20(10-6-7-15(4)12-20)19(23)22-17-8-9-18(25-14(2)3)16(11-17)13-21/h8-9,11,14-15H,5-7,10,12H2,1-4H3,(H,22,23)/t15-,20-/m1/s1. The Morgan fingerprint density at radius 2 is 2.24 bits per heavy atom. The fourth-order valence-electron chi connectivity index (χ4n) is 3.48. The minimum atomic E-state index is -0.772. The van der Waals surface area contributed by atoms with Gasteiger partial charge < -0.3 is 14.8 Å². The maximum atomic E-state index is 12.9. The molecule has 0 radical (unpaired) electrons. The van der Waals surface area contributed by atoms with Crippen LogP contribution in [0.3, 0.4) is 0 Å². The van der Waals surface area contributed by atoms with Crippen molar-refractivity contribution in [2.24, 2.45) is 5.92 Å². The minimum absolute atomic E-state index is 0.0162. The number of ether oxygens (including phenoxy) is 2. The molecule has 1 fully saturated rings. The number of benzene rings is 1. The number of anilines is 1. The first-order valence-corrected chi connectivity index (χ1v) is 9.06. The van der Waals surface area contributed by atoms with Crippen molar-refractivity contribution >= 4 is 11.6 Å². The van der Waals surface area contributed by atoms with Crippen LogP contribution in [0.4, 0.5) is 5.69 Å². The lowest BCUT2D eigenvalue weighted by Crippen LogP contribution is -2.48. The molecule has 0 bridgehead atoms. The second-order valence-corrected chi connectivity index (χ2v) is 7.07. The van der Waals surface area contributed by atoms with Crippen molar-refractivity contribution in [2.75, 3.05) is 11.9 Å². The summed E-state index contributed by atoms with van der Waals surface area (Å²) < 4.78 is 11.5. The smallest absolute Gasteiger partial charge is 0.256 e. The fraction of sp³-hybridized carbons (Fsp3) is 0.600. The first kappa shape index (κ1) is 19.3. The second kappa shape index (κ2) is 8.35. The Kier molecular flexibility index (Phi) is 6.44. The number of carbonyl (C=O) groups is 1. The molecule has 0 aromatic heterocycles. The molecule has 0 spiro atoms. The van der Waals surface area contributed by atoms with E-state index in [-0.39, 0.29) is 12.0 Å². The molecule has 5 nitrogen and oxygen atoms in total. The summed E-state index contributed by atoms with van der Waals surface area (Å²) in [6, 6.07) is 7.28. The van der Waals surface area contributed by atoms with Gasteiger partial charge in [-0.2, -0.15) is 5.26 Å². The van der Waals surface area contributed by atoms with Crippen molar-refractivity contribution in [1.82, 2.24) is 0 Å². The molecule has 2 atom stereocenters. The summed E-state index contributed by atoms with van der Waals surface area (Å²) >= 11 is 0. The highest BCUT2D eigenvalue weighted by molar-refractivity contribution is 5.97. The minimum Gasteiger partial charge on any atom is -0.490 e. The van der Waals surface area contributed by atoms with E-state index in [2.05, 4.69) is 18.3 Å². The van der Waals surface area contributed by atoms with E-state index in [1.807, 2.05) is 20.8 Å². The molecule has 0 unspecified atom stereocenters. The molecule has 1 saturated carbocycles. The molecule has 1 N–H and O–H groups in total. The largest absolute Gasteiger partial charge is 0.490 e. The van der Waals surface area contributed by atoms with Crippen LogP contribution in [0.25, 0.3) is 0 Å². The Balaban J connectivity index is 2.19. The second-order valence-electron chi connectivity index (χ2n) is 7.07. The van der Waals surface area contributed by atoms with Gasteiger partial charge in [0.15, 0.2) is 0 Å². The highest BCUT2D eigenvalue weighted by atomic mass is 16.5. The summed E-state index contributed by atoms with van der Waals surface area (Å²) in [7, 11) is 0. The molecule has 5 heteroatoms. The molecule has 1 aliphatic rings. The van der Waals surface area contributed by atoms with Crippen LogP contribution >= 0.6 is 0 Å². The maximum Gasteiger partial charge on any atom is 0.256 e. The van der Waals surface area contributed by atoms with Gasteiger partial charge in [0.1, 0.15) is 17.4 Å². The van der Waals surface area contributed by atoms with Crippen molar-refractivity contribution in [3.63, 3.8) is 0 Å². The molecule has 0 saturated heterocycles. The number of carbonyl (C=O) groups excluding carboxylic acids is 1. The van der Waals surface area contributed by atoms with Crippen LogP contribution in [0.2, 0.25) is 0 Å². The summed E-state index contributed by atoms with van der Waals surface area (Å²) in [4.78, 5) is 12.9. The van der Waals surface area contributed by atoms with Crippen molar-refractivity contribution in [3.05, 3.63) is 23.8 Å². The molecule has 0 aliphatic heterocycles. The lowest BCUT2D eigenvalue weighted by molar-refractivity contribution is -0.147. The lowest BCUT2D eigenvalue weighted by atomic mass is 9.78. The molecule has 0 heterocycles. The highest BCUT2D eigenvalue weighted by Crippen LogP contribution is 2.36. The van der Waals surface area contributed by atoms with Crippen molar-refractivity contribution in [1.29, 1.82) is 5.26 Å². The Bertz CT molecular complexity index is 647. The van der Waals surface area contributed by atoms with E-state index < -0.39 is 5.60 Å². The molecule has 1 amide bonds. The van der Waals surface area contributed by atoms with Crippen molar-refractivity contribution in [2.45, 2.75) is 65.1 Å². The molecule has 1 aromatic carbocycles. The number of nitrogens with zero attached hydrogens (tertiary/aromatic N) is 1. The van der Waals surface area contributed by atoms with E-state index in [1.54, 1.807) is 18.2 Å². The monoisotopic (exact) mass is 344 g/mol. The van der Waals surface area contributed by atoms with Gasteiger partial charge in [-0.05, 0) is 64.2 Å². The number of nitrogens with one attached hydrogen (secondary N) is 1. The van der Waals surface area contributed by atoms with Gasteiger partial charge in [-0.3, -0.25) is 4.79 Å². The number of rotatable bonds is 6. The number of amides is 1. The first-order valence-electron chi connectivity index (χ1n) is 9.06. The van der Waals surface area contributed by atoms with Gasteiger partial charge in [0.25, 0.3) is 5.91 Å². The SMILES string of the molecule is CCO[C@]1(C(=O)Nc2ccc(OC(C)C)c(C#N)c2)CCC[C@@H](C)C1. The third-order valence-corrected chi connectivity index (χ3v) is 4.51. The van der Waals surface area contributed by atoms with Gasteiger partial charge in [0.2, 0.25) is 0 Å². The zero-order chi connectivity index (χ0) is 18.4. The topological polar surface area (TPSA) is 71.3 Å². The van der Waals surface area contributed by atoms with Crippen molar-refractivity contribution < 1.29 is 14.3 Å². The van der Waals surface area contributed by atoms with Gasteiger partial charge >= 0.3 is 0 Å². The first-order chi connectivity index (χ1) is 11.9. The van der Waals surface area contributed by atoms with Gasteiger partial charge in [-0.15, -0.1) is 0 Å². The van der Waals surface area contributed by atoms with Crippen LogP contribution in [0.5, 0.6) is 5.75 Å². The van der Waals surface area contributed by atoms with E-state index in [0.717, 1.165) is 25.7 Å². The Labute approximate surface area is 150 Å². The van der Waals surface area contributed by atoms with Gasteiger partial charge in [-0.25, -0.2) is 0 Å². The maximum absolute atomic E-state index is 12.9. The third-order valence-electron chi connectivity index (χ3n) is 4.51. The summed E-state index contributed by atoms with van der Waals surface area (Å²) in [5.74, 6) is 0.867. The molecular formula is C20H28N2O3. The van der Waals surface area contributed by atoms with E-state index in [0.29, 0.717) is 29.5 Å². The van der Waals surface area contributed by atoms with E-state index in [9.17, 15) is 10.1 Å². The predicted molar refractivity (Wildman–Crippen MR) is 97.5 cm³/mol. The zero-order valence-electron chi connectivity index (χ0n) is 15.6. The van der Waals surface area contributed by atoms with Crippen LogP contribution < -0.4 is 10.1 Å². The Hall–Kier alpha value is -2.06. The highest BCUT2D eigenvalue weighted by Gasteiger charge is 2.42. The predicted octanol–water partition coefficient (Wildman–Crippen LogP) is 4.27. The molecule has 136 valence electrons. The summed E-state index contributed by atoms with van der Waals surface area (Å²) in [5, 5.41) is 12.3. The van der Waals surface area contributed by atoms with Crippen LogP contribution in [0.15, 0.2) is 18.2 Å². The summed E-state index contributed by atoms with van der Waals surface area (Å²) in [5.41, 5.74) is 0.232. The van der Waals surface area contributed by atoms with Gasteiger partial charge in [0.05, 0.1) is 11.7 Å². The number of hydrogen-bond acceptors (Lipinski definition) is 4. The lowest BCUT2D eigenvalue weighted by Gasteiger charge is -2.38. The van der Waals surface area contributed by atoms with Crippen LogP contribution in [0.1, 0.15) is 58.9 Å². The molecule has 1 aliphatic carbocycles. The quantitative estimate of drug-likeness (QED) is 0.836. The molecule has 25 heavy (non-hydrogen) atoms. The Morgan fingerprint density at radius 3 is 2.84 bits per heavy atom. The van der Waals surface area contributed by atoms with E-state index in [4.69, 9.17) is 9.47 Å². The van der Waals surface area contributed by atoms with Crippen LogP contribution in [0, 0.1) is 17.2 Å². The number of hydrogen-bond donors (Lipinski definition) is 1. The van der Waals surface area contributed by atoms with Gasteiger partial charge in [0, 0.05) is 12.3 Å². The average molecular weight is 344 g/mol. The van der Waals surface area contributed by atoms with Crippen LogP contribution in [-0.4, -0.2) is 24.2 Å². The van der Waals surface area contributed by atoms with Crippen LogP contribution in [-0.2, 0) is 9.53 Å². The summed E-state index contributed by atoms with van der Waals surface area (Å²) in [6.45, 7) is 8.40. The third kappa shape index (κ3) is 4.73. The fourth-order valence-corrected chi connectivity index (χ4v) is 3.48. The van der Waals surface area contributed by atoms with Crippen molar-refractivity contribution in [3.8, 4) is 11.8 Å². The van der Waals surface area contributed by atoms with Gasteiger partial charge in [-0.1, -0.05) is 13.3 Å². The summed E-state index contributed by atoms with van der Waals surface area (Å²) in [6.07, 6.45) is 3.56. The van der Waals surface area contributed by atoms with E-state index >= 15 is 0 Å². The number of nitriles is 1. The molecule has 2 rings (SSSR count). The normalized spacial score (nSPS) is 23.1. The van der Waals surface area contributed by atoms with E-state index in [1.165, 1.54) is 0 Å².